The normalized spacial score (nSPS) is 10.4. The fraction of sp³-hybridized carbons (Fsp3) is 0.100. The highest BCUT2D eigenvalue weighted by molar-refractivity contribution is 6.31. The molecule has 1 heterocycles. The van der Waals surface area contributed by atoms with Crippen molar-refractivity contribution in [3.8, 4) is 5.75 Å². The maximum atomic E-state index is 12.5. The molecule has 132 valence electrons. The molecule has 0 aliphatic heterocycles. The lowest BCUT2D eigenvalue weighted by atomic mass is 10.2. The van der Waals surface area contributed by atoms with Crippen LogP contribution < -0.4 is 15.6 Å². The van der Waals surface area contributed by atoms with Gasteiger partial charge in [-0.15, -0.1) is 0 Å². The molecule has 0 unspecified atom stereocenters. The topological polar surface area (TPSA) is 60.3 Å². The van der Waals surface area contributed by atoms with Gasteiger partial charge in [0.1, 0.15) is 5.75 Å². The first kappa shape index (κ1) is 17.8. The van der Waals surface area contributed by atoms with E-state index in [1.54, 1.807) is 37.4 Å². The molecule has 6 heteroatoms. The highest BCUT2D eigenvalue weighted by atomic mass is 35.5. The largest absolute Gasteiger partial charge is 0.497 e. The van der Waals surface area contributed by atoms with Gasteiger partial charge in [0, 0.05) is 29.0 Å². The monoisotopic (exact) mass is 368 g/mol. The molecule has 0 radical (unpaired) electrons. The maximum Gasteiger partial charge on any atom is 0.257 e. The Morgan fingerprint density at radius 3 is 2.69 bits per heavy atom. The van der Waals surface area contributed by atoms with Gasteiger partial charge in [-0.3, -0.25) is 9.59 Å². The molecule has 0 spiro atoms. The van der Waals surface area contributed by atoms with Gasteiger partial charge in [0.2, 0.25) is 0 Å². The van der Waals surface area contributed by atoms with Crippen LogP contribution in [0.15, 0.2) is 71.7 Å². The lowest BCUT2D eigenvalue weighted by Gasteiger charge is -2.10. The van der Waals surface area contributed by atoms with Gasteiger partial charge in [0.15, 0.2) is 0 Å². The van der Waals surface area contributed by atoms with Crippen molar-refractivity contribution in [2.45, 2.75) is 6.54 Å². The first-order valence-electron chi connectivity index (χ1n) is 7.96. The summed E-state index contributed by atoms with van der Waals surface area (Å²) in [6.07, 6.45) is 1.53. The van der Waals surface area contributed by atoms with Crippen LogP contribution in [0, 0.1) is 0 Å². The van der Waals surface area contributed by atoms with E-state index in [-0.39, 0.29) is 11.5 Å². The van der Waals surface area contributed by atoms with Crippen molar-refractivity contribution in [3.05, 3.63) is 93.4 Å². The summed E-state index contributed by atoms with van der Waals surface area (Å²) in [7, 11) is 1.56. The number of halogens is 1. The summed E-state index contributed by atoms with van der Waals surface area (Å²) in [5.74, 6) is 0.331. The van der Waals surface area contributed by atoms with E-state index < -0.39 is 0 Å². The molecule has 26 heavy (non-hydrogen) atoms. The molecular weight excluding hydrogens is 352 g/mol. The summed E-state index contributed by atoms with van der Waals surface area (Å²) >= 11 is 6.16. The highest BCUT2D eigenvalue weighted by Gasteiger charge is 2.10. The minimum Gasteiger partial charge on any atom is -0.497 e. The van der Waals surface area contributed by atoms with E-state index in [1.165, 1.54) is 22.9 Å². The molecule has 0 bridgehead atoms. The molecule has 0 fully saturated rings. The number of hydrogen-bond acceptors (Lipinski definition) is 3. The van der Waals surface area contributed by atoms with Crippen LogP contribution in [0.2, 0.25) is 5.02 Å². The number of nitrogens with one attached hydrogen (secondary N) is 1. The molecule has 0 aliphatic rings. The zero-order valence-electron chi connectivity index (χ0n) is 14.1. The van der Waals surface area contributed by atoms with E-state index in [4.69, 9.17) is 16.3 Å². The van der Waals surface area contributed by atoms with Crippen molar-refractivity contribution in [3.63, 3.8) is 0 Å². The lowest BCUT2D eigenvalue weighted by molar-refractivity contribution is 0.102. The Bertz CT molecular complexity index is 998. The van der Waals surface area contributed by atoms with E-state index >= 15 is 0 Å². The average molecular weight is 369 g/mol. The van der Waals surface area contributed by atoms with Crippen molar-refractivity contribution in [1.82, 2.24) is 4.57 Å². The van der Waals surface area contributed by atoms with Crippen LogP contribution in [-0.2, 0) is 6.54 Å². The van der Waals surface area contributed by atoms with E-state index in [9.17, 15) is 9.59 Å². The molecule has 1 amide bonds. The van der Waals surface area contributed by atoms with E-state index in [0.717, 1.165) is 5.56 Å². The van der Waals surface area contributed by atoms with Crippen LogP contribution in [-0.4, -0.2) is 17.6 Å². The molecule has 1 aromatic heterocycles. The second kappa shape index (κ2) is 7.89. The summed E-state index contributed by atoms with van der Waals surface area (Å²) in [5.41, 5.74) is 1.59. The highest BCUT2D eigenvalue weighted by Crippen LogP contribution is 2.18. The third kappa shape index (κ3) is 4.13. The minimum absolute atomic E-state index is 0.206. The van der Waals surface area contributed by atoms with Gasteiger partial charge in [-0.2, -0.15) is 0 Å². The minimum atomic E-state index is -0.314. The van der Waals surface area contributed by atoms with E-state index in [0.29, 0.717) is 28.6 Å². The van der Waals surface area contributed by atoms with Crippen molar-refractivity contribution < 1.29 is 9.53 Å². The average Bonchev–Trinajstić information content (AvgIpc) is 2.65. The number of carbonyl (C=O) groups excluding carboxylic acids is 1. The van der Waals surface area contributed by atoms with Crippen LogP contribution in [0.25, 0.3) is 0 Å². The predicted molar refractivity (Wildman–Crippen MR) is 102 cm³/mol. The summed E-state index contributed by atoms with van der Waals surface area (Å²) < 4.78 is 6.61. The van der Waals surface area contributed by atoms with Crippen LogP contribution in [0.3, 0.4) is 0 Å². The third-order valence-electron chi connectivity index (χ3n) is 3.87. The van der Waals surface area contributed by atoms with Gasteiger partial charge >= 0.3 is 0 Å². The summed E-state index contributed by atoms with van der Waals surface area (Å²) in [4.78, 5) is 24.6. The first-order chi connectivity index (χ1) is 12.6. The van der Waals surface area contributed by atoms with Gasteiger partial charge in [-0.1, -0.05) is 35.9 Å². The zero-order chi connectivity index (χ0) is 18.5. The van der Waals surface area contributed by atoms with Crippen molar-refractivity contribution in [2.24, 2.45) is 0 Å². The zero-order valence-corrected chi connectivity index (χ0v) is 14.9. The number of rotatable bonds is 5. The molecule has 3 aromatic rings. The van der Waals surface area contributed by atoms with Crippen molar-refractivity contribution in [2.75, 3.05) is 12.4 Å². The molecule has 0 atom stereocenters. The van der Waals surface area contributed by atoms with Crippen LogP contribution >= 0.6 is 11.6 Å². The fourth-order valence-electron chi connectivity index (χ4n) is 2.50. The number of pyridine rings is 1. The molecule has 1 N–H and O–H groups in total. The number of aromatic nitrogens is 1. The number of hydrogen-bond donors (Lipinski definition) is 1. The van der Waals surface area contributed by atoms with E-state index in [1.807, 2.05) is 18.2 Å². The Morgan fingerprint density at radius 1 is 1.12 bits per heavy atom. The predicted octanol–water partition coefficient (Wildman–Crippen LogP) is 3.81. The molecule has 0 aliphatic carbocycles. The molecule has 0 saturated heterocycles. The molecule has 0 saturated carbocycles. The Morgan fingerprint density at radius 2 is 1.92 bits per heavy atom. The summed E-state index contributed by atoms with van der Waals surface area (Å²) in [6, 6.07) is 17.2. The Balaban J connectivity index is 1.83. The van der Waals surface area contributed by atoms with Gasteiger partial charge in [0.25, 0.3) is 11.5 Å². The standard InChI is InChI=1S/C20H17ClN2O3/c1-26-17-7-4-6-16(11-17)22-20(25)15-9-10-19(24)23(13-15)12-14-5-2-3-8-18(14)21/h2-11,13H,12H2,1H3,(H,22,25). The van der Waals surface area contributed by atoms with Crippen LogP contribution in [0.4, 0.5) is 5.69 Å². The van der Waals surface area contributed by atoms with Gasteiger partial charge in [-0.05, 0) is 29.8 Å². The van der Waals surface area contributed by atoms with Gasteiger partial charge < -0.3 is 14.6 Å². The lowest BCUT2D eigenvalue weighted by Crippen LogP contribution is -2.22. The maximum absolute atomic E-state index is 12.5. The molecule has 3 rings (SSSR count). The van der Waals surface area contributed by atoms with Gasteiger partial charge in [0.05, 0.1) is 19.2 Å². The number of ether oxygens (including phenoxy) is 1. The third-order valence-corrected chi connectivity index (χ3v) is 4.24. The van der Waals surface area contributed by atoms with Crippen molar-refractivity contribution >= 4 is 23.2 Å². The Kier molecular flexibility index (Phi) is 5.39. The second-order valence-corrected chi connectivity index (χ2v) is 6.07. The van der Waals surface area contributed by atoms with Crippen molar-refractivity contribution in [1.29, 1.82) is 0 Å². The second-order valence-electron chi connectivity index (χ2n) is 5.66. The number of amides is 1. The molecule has 5 nitrogen and oxygen atoms in total. The van der Waals surface area contributed by atoms with E-state index in [2.05, 4.69) is 5.32 Å². The Labute approximate surface area is 155 Å². The number of benzene rings is 2. The number of nitrogens with zero attached hydrogens (tertiary/aromatic N) is 1. The quantitative estimate of drug-likeness (QED) is 0.745. The van der Waals surface area contributed by atoms with Crippen LogP contribution in [0.1, 0.15) is 15.9 Å². The first-order valence-corrected chi connectivity index (χ1v) is 8.34. The van der Waals surface area contributed by atoms with Gasteiger partial charge in [-0.25, -0.2) is 0 Å². The molecule has 2 aromatic carbocycles. The number of carbonyl (C=O) groups is 1. The molecular formula is C20H17ClN2O3. The number of methoxy groups -OCH3 is 1. The number of anilines is 1. The summed E-state index contributed by atoms with van der Waals surface area (Å²) in [5, 5.41) is 3.37. The summed E-state index contributed by atoms with van der Waals surface area (Å²) in [6.45, 7) is 0.290. The Hall–Kier alpha value is -3.05. The smallest absolute Gasteiger partial charge is 0.257 e. The fourth-order valence-corrected chi connectivity index (χ4v) is 2.70. The van der Waals surface area contributed by atoms with Crippen LogP contribution in [0.5, 0.6) is 5.75 Å². The SMILES string of the molecule is COc1cccc(NC(=O)c2ccc(=O)n(Cc3ccccc3Cl)c2)c1.